The average Bonchev–Trinajstić information content (AvgIpc) is 3.43. The van der Waals surface area contributed by atoms with E-state index in [1.807, 2.05) is 33.3 Å². The van der Waals surface area contributed by atoms with Crippen LogP contribution in [0.15, 0.2) is 97.2 Å². The number of unbranched alkanes of at least 4 members (excludes halogenated alkanes) is 30. The molecular formula is C71H127N2O7P. The van der Waals surface area contributed by atoms with Gasteiger partial charge >= 0.3 is 5.97 Å². The molecule has 468 valence electrons. The summed E-state index contributed by atoms with van der Waals surface area (Å²) in [6, 6.07) is -0.901. The molecule has 0 aromatic carbocycles. The monoisotopic (exact) mass is 1150 g/mol. The van der Waals surface area contributed by atoms with E-state index >= 15 is 0 Å². The molecule has 1 N–H and O–H groups in total. The van der Waals surface area contributed by atoms with Crippen LogP contribution in [-0.4, -0.2) is 69.4 Å². The molecule has 0 bridgehead atoms. The van der Waals surface area contributed by atoms with Crippen molar-refractivity contribution in [3.63, 3.8) is 0 Å². The molecule has 0 aliphatic rings. The summed E-state index contributed by atoms with van der Waals surface area (Å²) in [5.74, 6) is -0.560. The number of hydrogen-bond acceptors (Lipinski definition) is 7. The number of hydrogen-bond donors (Lipinski definition) is 1. The van der Waals surface area contributed by atoms with E-state index in [1.54, 1.807) is 0 Å². The van der Waals surface area contributed by atoms with E-state index in [0.717, 1.165) is 122 Å². The van der Waals surface area contributed by atoms with Gasteiger partial charge in [0.2, 0.25) is 5.91 Å². The number of likely N-dealkylation sites (N-methyl/N-ethyl adjacent to an activating group) is 1. The van der Waals surface area contributed by atoms with Gasteiger partial charge in [-0.15, -0.1) is 0 Å². The fraction of sp³-hybridized carbons (Fsp3) is 0.746. The van der Waals surface area contributed by atoms with Gasteiger partial charge < -0.3 is 28.5 Å². The third-order valence-electron chi connectivity index (χ3n) is 14.5. The zero-order valence-electron chi connectivity index (χ0n) is 53.5. The molecule has 0 saturated heterocycles. The first-order valence-electron chi connectivity index (χ1n) is 33.5. The number of carbonyl (C=O) groups excluding carboxylic acids is 2. The van der Waals surface area contributed by atoms with Crippen molar-refractivity contribution >= 4 is 19.7 Å². The van der Waals surface area contributed by atoms with Crippen molar-refractivity contribution in [3.8, 4) is 0 Å². The Kier molecular flexibility index (Phi) is 57.8. The van der Waals surface area contributed by atoms with Crippen LogP contribution in [0, 0.1) is 0 Å². The Morgan fingerprint density at radius 2 is 0.790 bits per heavy atom. The number of amides is 1. The number of nitrogens with zero attached hydrogens (tertiary/aromatic N) is 1. The summed E-state index contributed by atoms with van der Waals surface area (Å²) in [5, 5.41) is 3.03. The highest BCUT2D eigenvalue weighted by Gasteiger charge is 2.27. The molecule has 0 saturated carbocycles. The fourth-order valence-corrected chi connectivity index (χ4v) is 10.1. The number of ether oxygens (including phenoxy) is 1. The number of phosphoric ester groups is 1. The zero-order chi connectivity index (χ0) is 59.3. The van der Waals surface area contributed by atoms with Crippen molar-refractivity contribution in [1.29, 1.82) is 0 Å². The Hall–Kier alpha value is -3.07. The summed E-state index contributed by atoms with van der Waals surface area (Å²) >= 11 is 0. The molecule has 0 aromatic heterocycles. The highest BCUT2D eigenvalue weighted by molar-refractivity contribution is 7.45. The maximum atomic E-state index is 13.6. The normalized spacial score (nSPS) is 14.2. The van der Waals surface area contributed by atoms with Crippen LogP contribution in [0.2, 0.25) is 0 Å². The third-order valence-corrected chi connectivity index (χ3v) is 15.5. The number of esters is 1. The topological polar surface area (TPSA) is 114 Å². The van der Waals surface area contributed by atoms with Crippen LogP contribution in [0.4, 0.5) is 0 Å². The predicted octanol–water partition coefficient (Wildman–Crippen LogP) is 20.5. The molecule has 81 heavy (non-hydrogen) atoms. The van der Waals surface area contributed by atoms with E-state index in [-0.39, 0.29) is 24.9 Å². The molecule has 10 heteroatoms. The summed E-state index contributed by atoms with van der Waals surface area (Å²) in [6.45, 7) is 6.72. The van der Waals surface area contributed by atoms with Crippen molar-refractivity contribution in [1.82, 2.24) is 5.32 Å². The summed E-state index contributed by atoms with van der Waals surface area (Å²) < 4.78 is 30.4. The van der Waals surface area contributed by atoms with Crippen LogP contribution < -0.4 is 10.2 Å². The second-order valence-electron chi connectivity index (χ2n) is 23.6. The summed E-state index contributed by atoms with van der Waals surface area (Å²) in [4.78, 5) is 40.1. The Bertz CT molecular complexity index is 1710. The Morgan fingerprint density at radius 3 is 1.20 bits per heavy atom. The van der Waals surface area contributed by atoms with Gasteiger partial charge in [-0.25, -0.2) is 0 Å². The van der Waals surface area contributed by atoms with E-state index < -0.39 is 26.6 Å². The molecule has 9 nitrogen and oxygen atoms in total. The van der Waals surface area contributed by atoms with Gasteiger partial charge in [-0.3, -0.25) is 14.2 Å². The lowest BCUT2D eigenvalue weighted by atomic mass is 10.0. The SMILES string of the molecule is CC/C=C\C/C=C\C/C=C\C/C=C\C/C=C\C/C=C\CCCCCCCCC(=O)OC(/C=C\CCCCCCCCCCC)C(COP(=O)([O-])OCC[N+](C)(C)C)NC(=O)CCCCCCCCCCC/C=C/CCCCCCCC. The third kappa shape index (κ3) is 61.3. The van der Waals surface area contributed by atoms with Gasteiger partial charge in [0.15, 0.2) is 0 Å². The molecule has 0 rings (SSSR count). The van der Waals surface area contributed by atoms with Crippen molar-refractivity contribution in [2.45, 2.75) is 303 Å². The molecule has 0 radical (unpaired) electrons. The molecule has 0 heterocycles. The first-order chi connectivity index (χ1) is 39.4. The molecule has 0 aliphatic heterocycles. The first kappa shape index (κ1) is 77.9. The highest BCUT2D eigenvalue weighted by Crippen LogP contribution is 2.38. The van der Waals surface area contributed by atoms with Gasteiger partial charge in [-0.1, -0.05) is 266 Å². The van der Waals surface area contributed by atoms with Gasteiger partial charge in [-0.2, -0.15) is 0 Å². The lowest BCUT2D eigenvalue weighted by Crippen LogP contribution is -2.47. The van der Waals surface area contributed by atoms with Crippen molar-refractivity contribution in [3.05, 3.63) is 97.2 Å². The number of nitrogens with one attached hydrogen (secondary N) is 1. The van der Waals surface area contributed by atoms with Crippen molar-refractivity contribution in [2.24, 2.45) is 0 Å². The van der Waals surface area contributed by atoms with Gasteiger partial charge in [0.1, 0.15) is 19.3 Å². The summed E-state index contributed by atoms with van der Waals surface area (Å²) in [5.41, 5.74) is 0. The number of phosphoric acid groups is 1. The van der Waals surface area contributed by atoms with Gasteiger partial charge in [-0.05, 0) is 109 Å². The van der Waals surface area contributed by atoms with Crippen LogP contribution in [0.5, 0.6) is 0 Å². The lowest BCUT2D eigenvalue weighted by Gasteiger charge is -2.30. The highest BCUT2D eigenvalue weighted by atomic mass is 31.2. The van der Waals surface area contributed by atoms with Gasteiger partial charge in [0.05, 0.1) is 33.8 Å². The number of allylic oxidation sites excluding steroid dienone is 15. The van der Waals surface area contributed by atoms with E-state index in [0.29, 0.717) is 23.9 Å². The molecule has 3 unspecified atom stereocenters. The van der Waals surface area contributed by atoms with Crippen LogP contribution in [0.1, 0.15) is 290 Å². The van der Waals surface area contributed by atoms with Crippen LogP contribution in [0.3, 0.4) is 0 Å². The number of rotatable bonds is 60. The van der Waals surface area contributed by atoms with Crippen LogP contribution >= 0.6 is 7.82 Å². The molecule has 0 aromatic rings. The first-order valence-corrected chi connectivity index (χ1v) is 35.0. The average molecular weight is 1150 g/mol. The van der Waals surface area contributed by atoms with Crippen molar-refractivity contribution < 1.29 is 37.3 Å². The summed E-state index contributed by atoms with van der Waals surface area (Å²) in [7, 11) is 1.17. The molecule has 1 amide bonds. The number of quaternary nitrogens is 1. The smallest absolute Gasteiger partial charge is 0.306 e. The minimum Gasteiger partial charge on any atom is -0.756 e. The number of carbonyl (C=O) groups is 2. The predicted molar refractivity (Wildman–Crippen MR) is 348 cm³/mol. The lowest BCUT2D eigenvalue weighted by molar-refractivity contribution is -0.870. The quantitative estimate of drug-likeness (QED) is 0.0212. The van der Waals surface area contributed by atoms with Crippen LogP contribution in [0.25, 0.3) is 0 Å². The maximum absolute atomic E-state index is 13.6. The molecule has 0 fully saturated rings. The molecular weight excluding hydrogens is 1020 g/mol. The van der Waals surface area contributed by atoms with Crippen LogP contribution in [-0.2, 0) is 27.9 Å². The summed E-state index contributed by atoms with van der Waals surface area (Å²) in [6.07, 6.45) is 80.9. The van der Waals surface area contributed by atoms with E-state index in [1.165, 1.54) is 128 Å². The molecule has 0 spiro atoms. The van der Waals surface area contributed by atoms with Gasteiger partial charge in [0.25, 0.3) is 7.82 Å². The standard InChI is InChI=1S/C71H127N2O7P/c1-7-10-13-16-19-22-25-27-29-31-33-34-35-36-37-38-40-42-44-46-49-52-55-58-61-64-71(75)80-69(62-59-56-53-50-47-24-21-18-15-12-9-3)68(67-79-81(76,77)78-66-65-73(4,5)6)72-70(74)63-60-57-54-51-48-45-43-41-39-32-30-28-26-23-20-17-14-11-8-2/h10,13,19,22,27-30,33-34,36-37,40,42,59,62,68-69H,7-9,11-12,14-18,20-21,23-26,31-32,35,38-39,41,43-58,60-61,63-67H2,1-6H3,(H-,72,74,76,77)/b13-10-,22-19-,29-27-,30-28+,34-33-,37-36-,42-40-,62-59-. The fourth-order valence-electron chi connectivity index (χ4n) is 9.34. The minimum atomic E-state index is -4.71. The van der Waals surface area contributed by atoms with E-state index in [4.69, 9.17) is 13.8 Å². The second kappa shape index (κ2) is 60.1. The minimum absolute atomic E-state index is 0.0289. The molecule has 3 atom stereocenters. The van der Waals surface area contributed by atoms with Gasteiger partial charge in [0, 0.05) is 12.8 Å². The largest absolute Gasteiger partial charge is 0.756 e. The van der Waals surface area contributed by atoms with E-state index in [9.17, 15) is 19.0 Å². The molecule has 0 aliphatic carbocycles. The van der Waals surface area contributed by atoms with Crippen molar-refractivity contribution in [2.75, 3.05) is 40.9 Å². The second-order valence-corrected chi connectivity index (χ2v) is 25.0. The Labute approximate surface area is 500 Å². The Morgan fingerprint density at radius 1 is 0.444 bits per heavy atom. The Balaban J connectivity index is 5.15. The van der Waals surface area contributed by atoms with E-state index in [2.05, 4.69) is 111 Å². The zero-order valence-corrected chi connectivity index (χ0v) is 54.4. The maximum Gasteiger partial charge on any atom is 0.306 e.